The number of aliphatic hydroxyl groups is 1. The number of hydrogen-bond donors (Lipinski definition) is 2. The Hall–Kier alpha value is -0.340. The molecule has 0 aliphatic carbocycles. The van der Waals surface area contributed by atoms with E-state index in [1.165, 1.54) is 6.42 Å². The number of hydrogen-bond acceptors (Lipinski definition) is 2. The molecule has 0 aliphatic heterocycles. The van der Waals surface area contributed by atoms with Crippen molar-refractivity contribution in [1.29, 1.82) is 0 Å². The molecule has 2 nitrogen and oxygen atoms in total. The molecule has 0 radical (unpaired) electrons. The van der Waals surface area contributed by atoms with Crippen LogP contribution in [0.1, 0.15) is 40.0 Å². The predicted octanol–water partition coefficient (Wildman–Crippen LogP) is 2.34. The van der Waals surface area contributed by atoms with E-state index in [1.807, 2.05) is 6.08 Å². The van der Waals surface area contributed by atoms with Crippen LogP contribution in [0.2, 0.25) is 0 Å². The van der Waals surface area contributed by atoms with Crippen molar-refractivity contribution in [2.45, 2.75) is 52.1 Å². The van der Waals surface area contributed by atoms with Gasteiger partial charge in [0.25, 0.3) is 0 Å². The first-order valence-electron chi connectivity index (χ1n) is 5.63. The summed E-state index contributed by atoms with van der Waals surface area (Å²) in [6, 6.07) is 0.684. The summed E-state index contributed by atoms with van der Waals surface area (Å²) in [6.45, 7) is 10.4. The topological polar surface area (TPSA) is 32.3 Å². The third-order valence-electron chi connectivity index (χ3n) is 2.54. The predicted molar refractivity (Wildman–Crippen MR) is 62.4 cm³/mol. The van der Waals surface area contributed by atoms with Crippen molar-refractivity contribution in [1.82, 2.24) is 5.32 Å². The van der Waals surface area contributed by atoms with Gasteiger partial charge in [-0.3, -0.25) is 0 Å². The van der Waals surface area contributed by atoms with Crippen molar-refractivity contribution in [3.8, 4) is 0 Å². The molecule has 0 heterocycles. The van der Waals surface area contributed by atoms with Crippen LogP contribution in [-0.2, 0) is 0 Å². The van der Waals surface area contributed by atoms with E-state index >= 15 is 0 Å². The molecule has 2 N–H and O–H groups in total. The van der Waals surface area contributed by atoms with E-state index in [0.717, 1.165) is 12.8 Å². The van der Waals surface area contributed by atoms with E-state index in [-0.39, 0.29) is 12.6 Å². The third kappa shape index (κ3) is 5.40. The van der Waals surface area contributed by atoms with Crippen LogP contribution in [0.25, 0.3) is 0 Å². The van der Waals surface area contributed by atoms with Gasteiger partial charge in [0.2, 0.25) is 0 Å². The summed E-state index contributed by atoms with van der Waals surface area (Å²) in [5, 5.41) is 12.7. The van der Waals surface area contributed by atoms with E-state index in [2.05, 4.69) is 32.7 Å². The molecule has 0 spiro atoms. The third-order valence-corrected chi connectivity index (χ3v) is 2.54. The SMILES string of the molecule is C=CCC(CCC)NC(CO)C(C)C. The maximum Gasteiger partial charge on any atom is 0.0587 e. The molecule has 2 heteroatoms. The van der Waals surface area contributed by atoms with Crippen LogP contribution in [-0.4, -0.2) is 23.8 Å². The van der Waals surface area contributed by atoms with Crippen molar-refractivity contribution in [2.75, 3.05) is 6.61 Å². The normalized spacial score (nSPS) is 15.5. The fourth-order valence-electron chi connectivity index (χ4n) is 1.58. The largest absolute Gasteiger partial charge is 0.395 e. The summed E-state index contributed by atoms with van der Waals surface area (Å²) in [5.74, 6) is 0.476. The van der Waals surface area contributed by atoms with E-state index in [1.54, 1.807) is 0 Å². The molecule has 0 amide bonds. The minimum atomic E-state index is 0.214. The summed E-state index contributed by atoms with van der Waals surface area (Å²) in [7, 11) is 0. The lowest BCUT2D eigenvalue weighted by Gasteiger charge is -2.26. The molecule has 0 aromatic carbocycles. The van der Waals surface area contributed by atoms with Crippen LogP contribution in [0.15, 0.2) is 12.7 Å². The molecule has 2 unspecified atom stereocenters. The Bertz CT molecular complexity index is 145. The quantitative estimate of drug-likeness (QED) is 0.588. The second-order valence-corrected chi connectivity index (χ2v) is 4.21. The van der Waals surface area contributed by atoms with Crippen molar-refractivity contribution < 1.29 is 5.11 Å². The van der Waals surface area contributed by atoms with Gasteiger partial charge in [-0.1, -0.05) is 33.3 Å². The second kappa shape index (κ2) is 8.01. The van der Waals surface area contributed by atoms with Crippen molar-refractivity contribution in [3.05, 3.63) is 12.7 Å². The summed E-state index contributed by atoms with van der Waals surface area (Å²) >= 11 is 0. The van der Waals surface area contributed by atoms with Crippen molar-refractivity contribution in [2.24, 2.45) is 5.92 Å². The molecule has 0 saturated carbocycles. The van der Waals surface area contributed by atoms with Gasteiger partial charge in [-0.05, 0) is 18.8 Å². The highest BCUT2D eigenvalue weighted by Gasteiger charge is 2.15. The molecule has 14 heavy (non-hydrogen) atoms. The first kappa shape index (κ1) is 13.7. The van der Waals surface area contributed by atoms with E-state index in [0.29, 0.717) is 12.0 Å². The molecule has 0 aromatic rings. The van der Waals surface area contributed by atoms with Crippen molar-refractivity contribution >= 4 is 0 Å². The zero-order chi connectivity index (χ0) is 11.0. The summed E-state index contributed by atoms with van der Waals surface area (Å²) < 4.78 is 0. The first-order chi connectivity index (χ1) is 6.65. The molecule has 0 fully saturated rings. The molecule has 0 saturated heterocycles. The minimum Gasteiger partial charge on any atom is -0.395 e. The fourth-order valence-corrected chi connectivity index (χ4v) is 1.58. The van der Waals surface area contributed by atoms with Gasteiger partial charge >= 0.3 is 0 Å². The Morgan fingerprint density at radius 1 is 1.43 bits per heavy atom. The molecule has 0 aliphatic rings. The molecular formula is C12H25NO. The fraction of sp³-hybridized carbons (Fsp3) is 0.833. The average molecular weight is 199 g/mol. The number of aliphatic hydroxyl groups excluding tert-OH is 1. The zero-order valence-corrected chi connectivity index (χ0v) is 9.79. The van der Waals surface area contributed by atoms with E-state index in [9.17, 15) is 5.11 Å². The maximum atomic E-state index is 9.19. The van der Waals surface area contributed by atoms with E-state index < -0.39 is 0 Å². The Morgan fingerprint density at radius 2 is 2.07 bits per heavy atom. The first-order valence-corrected chi connectivity index (χ1v) is 5.63. The lowest BCUT2D eigenvalue weighted by atomic mass is 10.0. The molecular weight excluding hydrogens is 174 g/mol. The zero-order valence-electron chi connectivity index (χ0n) is 9.79. The van der Waals surface area contributed by atoms with Gasteiger partial charge in [-0.2, -0.15) is 0 Å². The van der Waals surface area contributed by atoms with Crippen LogP contribution < -0.4 is 5.32 Å². The highest BCUT2D eigenvalue weighted by Crippen LogP contribution is 2.08. The van der Waals surface area contributed by atoms with Crippen LogP contribution in [0.4, 0.5) is 0 Å². The van der Waals surface area contributed by atoms with E-state index in [4.69, 9.17) is 0 Å². The molecule has 2 atom stereocenters. The lowest BCUT2D eigenvalue weighted by molar-refractivity contribution is 0.196. The Balaban J connectivity index is 4.03. The standard InChI is InChI=1S/C12H25NO/c1-5-7-11(8-6-2)13-12(9-14)10(3)4/h5,10-14H,1,6-9H2,2-4H3. The smallest absolute Gasteiger partial charge is 0.0587 e. The van der Waals surface area contributed by atoms with Gasteiger partial charge in [0, 0.05) is 12.1 Å². The number of rotatable bonds is 8. The average Bonchev–Trinajstić information content (AvgIpc) is 2.14. The van der Waals surface area contributed by atoms with Gasteiger partial charge in [-0.25, -0.2) is 0 Å². The molecule has 0 bridgehead atoms. The molecule has 0 aromatic heterocycles. The van der Waals surface area contributed by atoms with Gasteiger partial charge in [-0.15, -0.1) is 6.58 Å². The van der Waals surface area contributed by atoms with Gasteiger partial charge in [0.1, 0.15) is 0 Å². The lowest BCUT2D eigenvalue weighted by Crippen LogP contribution is -2.43. The highest BCUT2D eigenvalue weighted by molar-refractivity contribution is 4.82. The Labute approximate surface area is 88.4 Å². The van der Waals surface area contributed by atoms with Crippen LogP contribution in [0, 0.1) is 5.92 Å². The summed E-state index contributed by atoms with van der Waals surface area (Å²) in [5.41, 5.74) is 0. The Kier molecular flexibility index (Phi) is 7.81. The van der Waals surface area contributed by atoms with Crippen LogP contribution in [0.3, 0.4) is 0 Å². The van der Waals surface area contributed by atoms with Crippen LogP contribution >= 0.6 is 0 Å². The Morgan fingerprint density at radius 3 is 2.43 bits per heavy atom. The van der Waals surface area contributed by atoms with Crippen LogP contribution in [0.5, 0.6) is 0 Å². The van der Waals surface area contributed by atoms with Gasteiger partial charge in [0.05, 0.1) is 6.61 Å². The number of nitrogens with one attached hydrogen (secondary N) is 1. The highest BCUT2D eigenvalue weighted by atomic mass is 16.3. The summed E-state index contributed by atoms with van der Waals surface area (Å²) in [4.78, 5) is 0. The summed E-state index contributed by atoms with van der Waals surface area (Å²) in [6.07, 6.45) is 5.25. The van der Waals surface area contributed by atoms with Crippen molar-refractivity contribution in [3.63, 3.8) is 0 Å². The molecule has 0 rings (SSSR count). The molecule has 84 valence electrons. The van der Waals surface area contributed by atoms with Gasteiger partial charge in [0.15, 0.2) is 0 Å². The van der Waals surface area contributed by atoms with Gasteiger partial charge < -0.3 is 10.4 Å². The minimum absolute atomic E-state index is 0.214. The maximum absolute atomic E-state index is 9.19. The second-order valence-electron chi connectivity index (χ2n) is 4.21. The monoisotopic (exact) mass is 199 g/mol.